The van der Waals surface area contributed by atoms with Crippen LogP contribution in [0.25, 0.3) is 33.9 Å². The van der Waals surface area contributed by atoms with Crippen molar-refractivity contribution in [1.82, 2.24) is 9.55 Å². The van der Waals surface area contributed by atoms with E-state index >= 15 is 0 Å². The highest BCUT2D eigenvalue weighted by Gasteiger charge is 2.20. The largest absolute Gasteiger partial charge is 0.320 e. The molecular weight excluding hydrogens is 352 g/mol. The van der Waals surface area contributed by atoms with E-state index in [0.717, 1.165) is 33.9 Å². The van der Waals surface area contributed by atoms with Crippen molar-refractivity contribution < 1.29 is 0 Å². The van der Waals surface area contributed by atoms with Gasteiger partial charge in [0.2, 0.25) is 0 Å². The van der Waals surface area contributed by atoms with Gasteiger partial charge in [-0.1, -0.05) is 78.3 Å². The van der Waals surface area contributed by atoms with Crippen LogP contribution >= 0.6 is 11.6 Å². The smallest absolute Gasteiger partial charge is 0.141 e. The lowest BCUT2D eigenvalue weighted by Crippen LogP contribution is -2.01. The molecule has 3 aromatic carbocycles. The summed E-state index contributed by atoms with van der Waals surface area (Å²) in [6, 6.07) is 28.5. The highest BCUT2D eigenvalue weighted by Crippen LogP contribution is 2.36. The first kappa shape index (κ1) is 17.3. The Hall–Kier alpha value is -3.10. The van der Waals surface area contributed by atoms with Crippen molar-refractivity contribution in [2.75, 3.05) is 0 Å². The summed E-state index contributed by atoms with van der Waals surface area (Å²) in [5, 5.41) is 0.715. The average Bonchev–Trinajstić information content (AvgIpc) is 3.09. The van der Waals surface area contributed by atoms with Crippen molar-refractivity contribution in [2.45, 2.75) is 6.54 Å². The third-order valence-electron chi connectivity index (χ3n) is 4.48. The van der Waals surface area contributed by atoms with E-state index < -0.39 is 0 Å². The van der Waals surface area contributed by atoms with Gasteiger partial charge in [-0.25, -0.2) is 4.98 Å². The van der Waals surface area contributed by atoms with E-state index in [4.69, 9.17) is 16.6 Å². The second-order valence-electron chi connectivity index (χ2n) is 6.27. The first-order valence-corrected chi connectivity index (χ1v) is 9.24. The molecule has 0 atom stereocenters. The zero-order chi connectivity index (χ0) is 18.6. The lowest BCUT2D eigenvalue weighted by Gasteiger charge is -2.11. The number of aromatic nitrogens is 2. The lowest BCUT2D eigenvalue weighted by molar-refractivity contribution is 0.840. The van der Waals surface area contributed by atoms with Crippen LogP contribution in [0, 0.1) is 0 Å². The third kappa shape index (κ3) is 3.44. The Bertz CT molecular complexity index is 1050. The van der Waals surface area contributed by atoms with Crippen LogP contribution in [0.2, 0.25) is 5.02 Å². The molecule has 4 rings (SSSR count). The summed E-state index contributed by atoms with van der Waals surface area (Å²) in [5.74, 6) is 0.907. The van der Waals surface area contributed by atoms with Crippen LogP contribution in [0.5, 0.6) is 0 Å². The molecule has 0 N–H and O–H groups in total. The summed E-state index contributed by atoms with van der Waals surface area (Å²) < 4.78 is 2.22. The quantitative estimate of drug-likeness (QED) is 0.356. The molecule has 2 nitrogen and oxygen atoms in total. The van der Waals surface area contributed by atoms with Gasteiger partial charge in [0.15, 0.2) is 0 Å². The van der Waals surface area contributed by atoms with E-state index in [2.05, 4.69) is 47.5 Å². The van der Waals surface area contributed by atoms with Crippen LogP contribution in [0.15, 0.2) is 97.6 Å². The minimum absolute atomic E-state index is 0.669. The Morgan fingerprint density at radius 3 is 1.96 bits per heavy atom. The van der Waals surface area contributed by atoms with Gasteiger partial charge in [-0.15, -0.1) is 6.58 Å². The van der Waals surface area contributed by atoms with Crippen molar-refractivity contribution in [1.29, 1.82) is 0 Å². The first-order chi connectivity index (χ1) is 13.3. The highest BCUT2D eigenvalue weighted by molar-refractivity contribution is 6.30. The number of hydrogen-bond acceptors (Lipinski definition) is 1. The molecule has 0 saturated heterocycles. The molecule has 0 unspecified atom stereocenters. The zero-order valence-electron chi connectivity index (χ0n) is 14.8. The minimum atomic E-state index is 0.669. The number of rotatable bonds is 5. The maximum atomic E-state index is 6.08. The average molecular weight is 371 g/mol. The summed E-state index contributed by atoms with van der Waals surface area (Å²) in [4.78, 5) is 5.05. The second kappa shape index (κ2) is 7.65. The molecule has 0 aliphatic heterocycles. The molecule has 0 fully saturated rings. The molecule has 0 aliphatic rings. The van der Waals surface area contributed by atoms with E-state index in [0.29, 0.717) is 11.6 Å². The fourth-order valence-corrected chi connectivity index (χ4v) is 3.39. The van der Waals surface area contributed by atoms with Gasteiger partial charge >= 0.3 is 0 Å². The fourth-order valence-electron chi connectivity index (χ4n) is 3.27. The van der Waals surface area contributed by atoms with Gasteiger partial charge in [-0.3, -0.25) is 0 Å². The van der Waals surface area contributed by atoms with E-state index in [-0.39, 0.29) is 0 Å². The molecular formula is C24H19ClN2. The topological polar surface area (TPSA) is 17.8 Å². The number of allylic oxidation sites excluding steroid dienone is 1. The Morgan fingerprint density at radius 2 is 1.37 bits per heavy atom. The fraction of sp³-hybridized carbons (Fsp3) is 0.0417. The van der Waals surface area contributed by atoms with Crippen LogP contribution in [0.3, 0.4) is 0 Å². The first-order valence-electron chi connectivity index (χ1n) is 8.86. The van der Waals surface area contributed by atoms with Gasteiger partial charge in [-0.05, 0) is 24.3 Å². The number of benzene rings is 3. The summed E-state index contributed by atoms with van der Waals surface area (Å²) in [6.07, 6.45) is 1.91. The zero-order valence-corrected chi connectivity index (χ0v) is 15.6. The van der Waals surface area contributed by atoms with Crippen molar-refractivity contribution in [3.05, 3.63) is 103 Å². The van der Waals surface area contributed by atoms with Crippen molar-refractivity contribution >= 4 is 11.6 Å². The van der Waals surface area contributed by atoms with Crippen molar-refractivity contribution in [3.63, 3.8) is 0 Å². The normalized spacial score (nSPS) is 10.7. The maximum absolute atomic E-state index is 6.08. The highest BCUT2D eigenvalue weighted by atomic mass is 35.5. The number of halogens is 1. The molecule has 132 valence electrons. The Morgan fingerprint density at radius 1 is 0.778 bits per heavy atom. The van der Waals surface area contributed by atoms with Crippen LogP contribution in [-0.2, 0) is 6.54 Å². The van der Waals surface area contributed by atoms with Gasteiger partial charge in [0, 0.05) is 28.3 Å². The van der Waals surface area contributed by atoms with Crippen LogP contribution in [0.1, 0.15) is 0 Å². The van der Waals surface area contributed by atoms with Gasteiger partial charge in [0.05, 0.1) is 11.4 Å². The van der Waals surface area contributed by atoms with Crippen molar-refractivity contribution in [2.24, 2.45) is 0 Å². The predicted molar refractivity (Wildman–Crippen MR) is 114 cm³/mol. The summed E-state index contributed by atoms with van der Waals surface area (Å²) in [6.45, 7) is 4.62. The van der Waals surface area contributed by atoms with Crippen LogP contribution < -0.4 is 0 Å². The van der Waals surface area contributed by atoms with E-state index in [1.807, 2.05) is 54.6 Å². The molecule has 4 aromatic rings. The monoisotopic (exact) mass is 370 g/mol. The minimum Gasteiger partial charge on any atom is -0.320 e. The second-order valence-corrected chi connectivity index (χ2v) is 6.71. The summed E-state index contributed by atoms with van der Waals surface area (Å²) >= 11 is 6.08. The number of hydrogen-bond donors (Lipinski definition) is 0. The molecule has 1 heterocycles. The summed E-state index contributed by atoms with van der Waals surface area (Å²) in [7, 11) is 0. The molecule has 27 heavy (non-hydrogen) atoms. The lowest BCUT2D eigenvalue weighted by atomic mass is 10.0. The van der Waals surface area contributed by atoms with Gasteiger partial charge < -0.3 is 4.57 Å². The molecule has 0 aliphatic carbocycles. The molecule has 0 bridgehead atoms. The van der Waals surface area contributed by atoms with E-state index in [1.165, 1.54) is 0 Å². The van der Waals surface area contributed by atoms with Gasteiger partial charge in [0.1, 0.15) is 5.82 Å². The van der Waals surface area contributed by atoms with Gasteiger partial charge in [-0.2, -0.15) is 0 Å². The SMILES string of the molecule is C=CCn1c(-c2ccc(Cl)cc2)nc(-c2ccccc2)c1-c1ccccc1. The van der Waals surface area contributed by atoms with E-state index in [1.54, 1.807) is 0 Å². The Balaban J connectivity index is 2.02. The molecule has 0 amide bonds. The molecule has 0 spiro atoms. The Labute approximate surface area is 164 Å². The van der Waals surface area contributed by atoms with Gasteiger partial charge in [0.25, 0.3) is 0 Å². The predicted octanol–water partition coefficient (Wildman–Crippen LogP) is 6.72. The molecule has 3 heteroatoms. The Kier molecular flexibility index (Phi) is 4.91. The number of nitrogens with zero attached hydrogens (tertiary/aromatic N) is 2. The molecule has 0 radical (unpaired) electrons. The maximum Gasteiger partial charge on any atom is 0.141 e. The summed E-state index contributed by atoms with van der Waals surface area (Å²) in [5.41, 5.74) is 5.31. The van der Waals surface area contributed by atoms with Crippen LogP contribution in [0.4, 0.5) is 0 Å². The van der Waals surface area contributed by atoms with Crippen molar-refractivity contribution in [3.8, 4) is 33.9 Å². The van der Waals surface area contributed by atoms with E-state index in [9.17, 15) is 0 Å². The standard InChI is InChI=1S/C24H19ClN2/c1-2-17-27-23(19-11-7-4-8-12-19)22(18-9-5-3-6-10-18)26-24(27)20-13-15-21(25)16-14-20/h2-16H,1,17H2. The number of imidazole rings is 1. The molecule has 0 saturated carbocycles. The third-order valence-corrected chi connectivity index (χ3v) is 4.73. The van der Waals surface area contributed by atoms with Crippen LogP contribution in [-0.4, -0.2) is 9.55 Å². The molecule has 1 aromatic heterocycles.